The van der Waals surface area contributed by atoms with Gasteiger partial charge >= 0.3 is 0 Å². The summed E-state index contributed by atoms with van der Waals surface area (Å²) in [5.74, 6) is 0. The molecule has 45 heavy (non-hydrogen) atoms. The average Bonchev–Trinajstić information content (AvgIpc) is 3.76. The van der Waals surface area contributed by atoms with Gasteiger partial charge in [-0.2, -0.15) is 0 Å². The van der Waals surface area contributed by atoms with Crippen LogP contribution in [0.25, 0.3) is 86.3 Å². The van der Waals surface area contributed by atoms with Gasteiger partial charge in [0.05, 0.1) is 22.1 Å². The molecule has 0 radical (unpaired) electrons. The van der Waals surface area contributed by atoms with Gasteiger partial charge in [-0.1, -0.05) is 103 Å². The standard InChI is InChI=1S/C42H26N2S/c1-3-14-27(15-4-1)43-34-22-10-7-18-30(34)39-29(21-13-24-36(39)43)33-26-38-41(32-20-9-12-25-37(32)45-38)42-40(33)31-19-8-11-23-35(31)44(42)28-16-5-2-6-17-28/h1-26H. The summed E-state index contributed by atoms with van der Waals surface area (Å²) in [6, 6.07) is 57.5. The quantitative estimate of drug-likeness (QED) is 0.194. The first-order chi connectivity index (χ1) is 22.4. The summed E-state index contributed by atoms with van der Waals surface area (Å²) in [7, 11) is 0. The summed E-state index contributed by atoms with van der Waals surface area (Å²) in [5, 5.41) is 7.77. The predicted octanol–water partition coefficient (Wildman–Crippen LogP) is 11.9. The van der Waals surface area contributed by atoms with Crippen molar-refractivity contribution in [3.05, 3.63) is 158 Å². The SMILES string of the molecule is c1ccc(-n2c3ccccc3c3c(-c4cc5sc6ccccc6c5c5c4c4ccccc4n5-c4ccccc4)cccc32)cc1. The lowest BCUT2D eigenvalue weighted by atomic mass is 9.94. The summed E-state index contributed by atoms with van der Waals surface area (Å²) in [6.07, 6.45) is 0. The molecule has 0 aliphatic carbocycles. The second-order valence-electron chi connectivity index (χ2n) is 11.7. The monoisotopic (exact) mass is 590 g/mol. The molecule has 0 aliphatic heterocycles. The number of hydrogen-bond donors (Lipinski definition) is 0. The molecular formula is C42H26N2S. The number of hydrogen-bond acceptors (Lipinski definition) is 1. The Hall–Kier alpha value is -5.64. The van der Waals surface area contributed by atoms with Crippen molar-refractivity contribution in [2.24, 2.45) is 0 Å². The van der Waals surface area contributed by atoms with Gasteiger partial charge in [0, 0.05) is 53.1 Å². The van der Waals surface area contributed by atoms with Gasteiger partial charge in [0.1, 0.15) is 0 Å². The summed E-state index contributed by atoms with van der Waals surface area (Å²) < 4.78 is 7.52. The number of para-hydroxylation sites is 4. The zero-order valence-electron chi connectivity index (χ0n) is 24.3. The molecule has 0 unspecified atom stereocenters. The molecule has 0 N–H and O–H groups in total. The van der Waals surface area contributed by atoms with Gasteiger partial charge in [0.15, 0.2) is 0 Å². The van der Waals surface area contributed by atoms with Crippen LogP contribution in [0.1, 0.15) is 0 Å². The van der Waals surface area contributed by atoms with Crippen LogP contribution < -0.4 is 0 Å². The van der Waals surface area contributed by atoms with Crippen molar-refractivity contribution in [1.29, 1.82) is 0 Å². The number of fused-ring (bicyclic) bond motifs is 10. The topological polar surface area (TPSA) is 9.86 Å². The molecule has 10 rings (SSSR count). The van der Waals surface area contributed by atoms with E-state index in [1.165, 1.54) is 86.3 Å². The normalized spacial score (nSPS) is 12.0. The Morgan fingerprint density at radius 3 is 1.64 bits per heavy atom. The van der Waals surface area contributed by atoms with E-state index in [4.69, 9.17) is 0 Å². The van der Waals surface area contributed by atoms with E-state index in [1.807, 2.05) is 11.3 Å². The van der Waals surface area contributed by atoms with Crippen molar-refractivity contribution in [2.45, 2.75) is 0 Å². The van der Waals surface area contributed by atoms with Crippen LogP contribution in [0, 0.1) is 0 Å². The van der Waals surface area contributed by atoms with E-state index in [1.54, 1.807) is 0 Å². The van der Waals surface area contributed by atoms with E-state index in [0.29, 0.717) is 0 Å². The minimum Gasteiger partial charge on any atom is -0.309 e. The van der Waals surface area contributed by atoms with Crippen LogP contribution in [0.3, 0.4) is 0 Å². The van der Waals surface area contributed by atoms with E-state index in [0.717, 1.165) is 0 Å². The second-order valence-corrected chi connectivity index (χ2v) is 12.8. The molecule has 0 bridgehead atoms. The Bertz CT molecular complexity index is 2740. The highest BCUT2D eigenvalue weighted by atomic mass is 32.1. The Morgan fingerprint density at radius 1 is 0.356 bits per heavy atom. The molecule has 7 aromatic carbocycles. The van der Waals surface area contributed by atoms with Gasteiger partial charge in [-0.25, -0.2) is 0 Å². The molecule has 0 saturated carbocycles. The predicted molar refractivity (Wildman–Crippen MR) is 193 cm³/mol. The first-order valence-corrected chi connectivity index (χ1v) is 16.2. The maximum atomic E-state index is 2.49. The smallest absolute Gasteiger partial charge is 0.0640 e. The van der Waals surface area contributed by atoms with Crippen LogP contribution in [0.5, 0.6) is 0 Å². The summed E-state index contributed by atoms with van der Waals surface area (Å²) >= 11 is 1.89. The fourth-order valence-corrected chi connectivity index (χ4v) is 8.67. The largest absolute Gasteiger partial charge is 0.309 e. The molecule has 10 aromatic rings. The lowest BCUT2D eigenvalue weighted by Crippen LogP contribution is -1.94. The lowest BCUT2D eigenvalue weighted by molar-refractivity contribution is 1.18. The van der Waals surface area contributed by atoms with Crippen LogP contribution in [0.2, 0.25) is 0 Å². The van der Waals surface area contributed by atoms with E-state index in [9.17, 15) is 0 Å². The maximum Gasteiger partial charge on any atom is 0.0640 e. The molecule has 210 valence electrons. The zero-order valence-corrected chi connectivity index (χ0v) is 25.1. The van der Waals surface area contributed by atoms with E-state index in [2.05, 4.69) is 167 Å². The van der Waals surface area contributed by atoms with Crippen LogP contribution >= 0.6 is 11.3 Å². The van der Waals surface area contributed by atoms with Crippen molar-refractivity contribution < 1.29 is 0 Å². The Balaban J connectivity index is 1.45. The number of thiophene rings is 1. The van der Waals surface area contributed by atoms with Gasteiger partial charge < -0.3 is 9.13 Å². The summed E-state index contributed by atoms with van der Waals surface area (Å²) in [5.41, 5.74) is 9.82. The Morgan fingerprint density at radius 2 is 0.911 bits per heavy atom. The van der Waals surface area contributed by atoms with Crippen LogP contribution in [-0.4, -0.2) is 9.13 Å². The minimum absolute atomic E-state index is 1.17. The van der Waals surface area contributed by atoms with Crippen molar-refractivity contribution in [1.82, 2.24) is 9.13 Å². The highest BCUT2D eigenvalue weighted by Crippen LogP contribution is 2.49. The highest BCUT2D eigenvalue weighted by molar-refractivity contribution is 7.26. The van der Waals surface area contributed by atoms with Crippen LogP contribution in [0.15, 0.2) is 158 Å². The third kappa shape index (κ3) is 3.44. The van der Waals surface area contributed by atoms with E-state index < -0.39 is 0 Å². The van der Waals surface area contributed by atoms with Crippen molar-refractivity contribution in [2.75, 3.05) is 0 Å². The molecule has 0 atom stereocenters. The lowest BCUT2D eigenvalue weighted by Gasteiger charge is -2.12. The Kier molecular flexibility index (Phi) is 5.19. The molecule has 3 aromatic heterocycles. The van der Waals surface area contributed by atoms with Gasteiger partial charge in [-0.3, -0.25) is 0 Å². The average molecular weight is 591 g/mol. The molecule has 3 heteroatoms. The molecular weight excluding hydrogens is 565 g/mol. The molecule has 0 amide bonds. The molecule has 0 spiro atoms. The number of nitrogens with zero attached hydrogens (tertiary/aromatic N) is 2. The number of aromatic nitrogens is 2. The zero-order chi connectivity index (χ0) is 29.5. The van der Waals surface area contributed by atoms with Crippen molar-refractivity contribution in [3.8, 4) is 22.5 Å². The van der Waals surface area contributed by atoms with Gasteiger partial charge in [-0.05, 0) is 65.7 Å². The molecule has 0 aliphatic rings. The highest BCUT2D eigenvalue weighted by Gasteiger charge is 2.24. The first kappa shape index (κ1) is 24.8. The molecule has 2 nitrogen and oxygen atoms in total. The first-order valence-electron chi connectivity index (χ1n) is 15.4. The fraction of sp³-hybridized carbons (Fsp3) is 0. The molecule has 3 heterocycles. The van der Waals surface area contributed by atoms with Crippen molar-refractivity contribution in [3.63, 3.8) is 0 Å². The van der Waals surface area contributed by atoms with Gasteiger partial charge in [-0.15, -0.1) is 11.3 Å². The molecule has 0 fully saturated rings. The number of benzene rings is 7. The minimum atomic E-state index is 1.17. The number of rotatable bonds is 3. The second kappa shape index (κ2) is 9.43. The van der Waals surface area contributed by atoms with E-state index in [-0.39, 0.29) is 0 Å². The van der Waals surface area contributed by atoms with Gasteiger partial charge in [0.2, 0.25) is 0 Å². The molecule has 0 saturated heterocycles. The van der Waals surface area contributed by atoms with E-state index >= 15 is 0 Å². The summed E-state index contributed by atoms with van der Waals surface area (Å²) in [6.45, 7) is 0. The summed E-state index contributed by atoms with van der Waals surface area (Å²) in [4.78, 5) is 0. The third-order valence-electron chi connectivity index (χ3n) is 9.30. The van der Waals surface area contributed by atoms with Gasteiger partial charge in [0.25, 0.3) is 0 Å². The Labute approximate surface area is 263 Å². The maximum absolute atomic E-state index is 2.49. The fourth-order valence-electron chi connectivity index (χ4n) is 7.52. The van der Waals surface area contributed by atoms with Crippen LogP contribution in [-0.2, 0) is 0 Å². The van der Waals surface area contributed by atoms with Crippen LogP contribution in [0.4, 0.5) is 0 Å². The van der Waals surface area contributed by atoms with Crippen molar-refractivity contribution >= 4 is 75.1 Å². The third-order valence-corrected chi connectivity index (χ3v) is 10.4.